The molecule has 0 unspecified atom stereocenters. The van der Waals surface area contributed by atoms with Crippen molar-refractivity contribution in [1.29, 1.82) is 0 Å². The second kappa shape index (κ2) is 6.34. The summed E-state index contributed by atoms with van der Waals surface area (Å²) in [5.74, 6) is 0.704. The van der Waals surface area contributed by atoms with Gasteiger partial charge in [0, 0.05) is 30.2 Å². The fourth-order valence-electron chi connectivity index (χ4n) is 3.33. The van der Waals surface area contributed by atoms with Gasteiger partial charge in [0.05, 0.1) is 5.69 Å². The Hall–Kier alpha value is -2.46. The molecule has 23 heavy (non-hydrogen) atoms. The third-order valence-electron chi connectivity index (χ3n) is 4.49. The molecule has 2 N–H and O–H groups in total. The van der Waals surface area contributed by atoms with Gasteiger partial charge in [-0.3, -0.25) is 10.1 Å². The first-order valence-corrected chi connectivity index (χ1v) is 8.10. The molecule has 0 aliphatic heterocycles. The van der Waals surface area contributed by atoms with Crippen LogP contribution in [-0.4, -0.2) is 21.7 Å². The summed E-state index contributed by atoms with van der Waals surface area (Å²) in [5, 5.41) is 11.1. The van der Waals surface area contributed by atoms with E-state index < -0.39 is 0 Å². The minimum Gasteiger partial charge on any atom is -0.311 e. The molecule has 1 aliphatic rings. The average Bonchev–Trinajstić information content (AvgIpc) is 3.22. The lowest BCUT2D eigenvalue weighted by molar-refractivity contribution is 0.495. The summed E-state index contributed by atoms with van der Waals surface area (Å²) in [6.07, 6.45) is 5.96. The van der Waals surface area contributed by atoms with Gasteiger partial charge in [0.25, 0.3) is 0 Å². The third-order valence-corrected chi connectivity index (χ3v) is 4.49. The molecule has 0 saturated carbocycles. The fourth-order valence-corrected chi connectivity index (χ4v) is 3.33. The Morgan fingerprint density at radius 2 is 1.78 bits per heavy atom. The lowest BCUT2D eigenvalue weighted by Gasteiger charge is -2.09. The quantitative estimate of drug-likeness (QED) is 0.762. The second-order valence-corrected chi connectivity index (χ2v) is 6.19. The van der Waals surface area contributed by atoms with Crippen molar-refractivity contribution in [3.63, 3.8) is 0 Å². The summed E-state index contributed by atoms with van der Waals surface area (Å²) >= 11 is 0. The molecular formula is C19H20N4. The highest BCUT2D eigenvalue weighted by atomic mass is 15.1. The van der Waals surface area contributed by atoms with Gasteiger partial charge in [-0.1, -0.05) is 24.3 Å². The van der Waals surface area contributed by atoms with Crippen LogP contribution in [0.25, 0.3) is 11.3 Å². The molecule has 4 rings (SSSR count). The Bertz CT molecular complexity index is 754. The highest BCUT2D eigenvalue weighted by Gasteiger charge is 2.20. The van der Waals surface area contributed by atoms with Gasteiger partial charge in [-0.25, -0.2) is 0 Å². The molecule has 0 fully saturated rings. The van der Waals surface area contributed by atoms with Gasteiger partial charge in [-0.05, 0) is 54.6 Å². The van der Waals surface area contributed by atoms with E-state index in [1.807, 2.05) is 12.1 Å². The summed E-state index contributed by atoms with van der Waals surface area (Å²) in [4.78, 5) is 4.04. The summed E-state index contributed by atoms with van der Waals surface area (Å²) < 4.78 is 0. The Kier molecular flexibility index (Phi) is 3.90. The molecule has 3 aromatic rings. The van der Waals surface area contributed by atoms with Gasteiger partial charge in [0.1, 0.15) is 0 Å². The van der Waals surface area contributed by atoms with Crippen molar-refractivity contribution >= 4 is 0 Å². The fraction of sp³-hybridized carbons (Fsp3) is 0.263. The number of rotatable bonds is 5. The molecule has 0 atom stereocenters. The van der Waals surface area contributed by atoms with Crippen LogP contribution in [0.2, 0.25) is 0 Å². The van der Waals surface area contributed by atoms with E-state index in [0.29, 0.717) is 5.92 Å². The number of pyridine rings is 1. The van der Waals surface area contributed by atoms with Crippen LogP contribution < -0.4 is 5.32 Å². The van der Waals surface area contributed by atoms with Crippen LogP contribution in [0, 0.1) is 5.92 Å². The molecule has 0 bridgehead atoms. The van der Waals surface area contributed by atoms with Crippen molar-refractivity contribution in [2.24, 2.45) is 5.92 Å². The smallest absolute Gasteiger partial charge is 0.0925 e. The standard InChI is InChI=1S/C19H20N4/c1-2-4-17-10-14(9-16(17)3-1)12-21-13-18-11-19(23-22-18)15-5-7-20-8-6-15/h1-8,11,14,21H,9-10,12-13H2,(H,22,23). The van der Waals surface area contributed by atoms with Crippen molar-refractivity contribution in [3.8, 4) is 11.3 Å². The molecule has 0 radical (unpaired) electrons. The first-order chi connectivity index (χ1) is 11.4. The minimum atomic E-state index is 0.704. The van der Waals surface area contributed by atoms with Crippen LogP contribution >= 0.6 is 0 Å². The van der Waals surface area contributed by atoms with Gasteiger partial charge >= 0.3 is 0 Å². The van der Waals surface area contributed by atoms with E-state index >= 15 is 0 Å². The maximum Gasteiger partial charge on any atom is 0.0925 e. The topological polar surface area (TPSA) is 53.6 Å². The number of hydrogen-bond donors (Lipinski definition) is 2. The lowest BCUT2D eigenvalue weighted by atomic mass is 10.1. The largest absolute Gasteiger partial charge is 0.311 e. The SMILES string of the molecule is c1ccc2c(c1)CC(CNCc1cc(-c3ccncc3)n[nH]1)C2. The van der Waals surface area contributed by atoms with E-state index in [0.717, 1.165) is 30.0 Å². The molecule has 2 heterocycles. The Balaban J connectivity index is 1.30. The van der Waals surface area contributed by atoms with Gasteiger partial charge in [0.15, 0.2) is 0 Å². The van der Waals surface area contributed by atoms with Crippen molar-refractivity contribution in [2.45, 2.75) is 19.4 Å². The molecule has 4 heteroatoms. The van der Waals surface area contributed by atoms with Crippen molar-refractivity contribution < 1.29 is 0 Å². The normalized spacial score (nSPS) is 14.1. The van der Waals surface area contributed by atoms with Crippen LogP contribution in [0.3, 0.4) is 0 Å². The number of nitrogens with one attached hydrogen (secondary N) is 2. The van der Waals surface area contributed by atoms with Crippen LogP contribution in [-0.2, 0) is 19.4 Å². The van der Waals surface area contributed by atoms with E-state index in [9.17, 15) is 0 Å². The Morgan fingerprint density at radius 3 is 2.52 bits per heavy atom. The average molecular weight is 304 g/mol. The maximum atomic E-state index is 4.38. The number of aromatic amines is 1. The molecular weight excluding hydrogens is 284 g/mol. The second-order valence-electron chi connectivity index (χ2n) is 6.19. The molecule has 0 saturated heterocycles. The van der Waals surface area contributed by atoms with E-state index in [1.54, 1.807) is 12.4 Å². The van der Waals surface area contributed by atoms with Crippen LogP contribution in [0.1, 0.15) is 16.8 Å². The van der Waals surface area contributed by atoms with Crippen molar-refractivity contribution in [3.05, 3.63) is 71.7 Å². The maximum absolute atomic E-state index is 4.38. The van der Waals surface area contributed by atoms with Crippen LogP contribution in [0.4, 0.5) is 0 Å². The van der Waals surface area contributed by atoms with E-state index in [1.165, 1.54) is 24.0 Å². The minimum absolute atomic E-state index is 0.704. The highest BCUT2D eigenvalue weighted by Crippen LogP contribution is 2.25. The van der Waals surface area contributed by atoms with Gasteiger partial charge < -0.3 is 5.32 Å². The number of aromatic nitrogens is 3. The number of benzene rings is 1. The summed E-state index contributed by atoms with van der Waals surface area (Å²) in [6.45, 7) is 1.86. The summed E-state index contributed by atoms with van der Waals surface area (Å²) in [6, 6.07) is 14.8. The first kappa shape index (κ1) is 14.2. The number of nitrogens with zero attached hydrogens (tertiary/aromatic N) is 2. The molecule has 2 aromatic heterocycles. The molecule has 4 nitrogen and oxygen atoms in total. The lowest BCUT2D eigenvalue weighted by Crippen LogP contribution is -2.23. The zero-order valence-corrected chi connectivity index (χ0v) is 13.0. The summed E-state index contributed by atoms with van der Waals surface area (Å²) in [7, 11) is 0. The molecule has 1 aliphatic carbocycles. The Morgan fingerprint density at radius 1 is 1.04 bits per heavy atom. The molecule has 1 aromatic carbocycles. The van der Waals surface area contributed by atoms with Gasteiger partial charge in [0.2, 0.25) is 0 Å². The highest BCUT2D eigenvalue weighted by molar-refractivity contribution is 5.58. The van der Waals surface area contributed by atoms with Crippen LogP contribution in [0.5, 0.6) is 0 Å². The third kappa shape index (κ3) is 3.17. The van der Waals surface area contributed by atoms with Gasteiger partial charge in [-0.15, -0.1) is 0 Å². The zero-order valence-electron chi connectivity index (χ0n) is 13.0. The number of H-pyrrole nitrogens is 1. The van der Waals surface area contributed by atoms with E-state index in [-0.39, 0.29) is 0 Å². The molecule has 0 amide bonds. The van der Waals surface area contributed by atoms with E-state index in [2.05, 4.69) is 50.8 Å². The molecule has 0 spiro atoms. The number of fused-ring (bicyclic) bond motifs is 1. The van der Waals surface area contributed by atoms with Crippen molar-refractivity contribution in [1.82, 2.24) is 20.5 Å². The van der Waals surface area contributed by atoms with Crippen molar-refractivity contribution in [2.75, 3.05) is 6.54 Å². The predicted octanol–water partition coefficient (Wildman–Crippen LogP) is 2.98. The zero-order chi connectivity index (χ0) is 15.5. The van der Waals surface area contributed by atoms with E-state index in [4.69, 9.17) is 0 Å². The predicted molar refractivity (Wildman–Crippen MR) is 90.9 cm³/mol. The number of hydrogen-bond acceptors (Lipinski definition) is 3. The Labute approximate surface area is 136 Å². The first-order valence-electron chi connectivity index (χ1n) is 8.10. The van der Waals surface area contributed by atoms with Gasteiger partial charge in [-0.2, -0.15) is 5.10 Å². The summed E-state index contributed by atoms with van der Waals surface area (Å²) in [5.41, 5.74) is 6.21. The van der Waals surface area contributed by atoms with Crippen LogP contribution in [0.15, 0.2) is 54.9 Å². The molecule has 116 valence electrons. The monoisotopic (exact) mass is 304 g/mol.